The molecule has 0 fully saturated rings. The van der Waals surface area contributed by atoms with Crippen molar-refractivity contribution in [3.63, 3.8) is 0 Å². The van der Waals surface area contributed by atoms with Crippen LogP contribution in [0, 0.1) is 0 Å². The molecule has 1 amide bonds. The number of hydrogen-bond donors (Lipinski definition) is 1. The fraction of sp³-hybridized carbons (Fsp3) is 0.238. The second-order valence-electron chi connectivity index (χ2n) is 6.13. The zero-order chi connectivity index (χ0) is 20.1. The van der Waals surface area contributed by atoms with Crippen molar-refractivity contribution in [1.82, 2.24) is 14.9 Å². The summed E-state index contributed by atoms with van der Waals surface area (Å²) in [5.41, 5.74) is 2.40. The second-order valence-corrected chi connectivity index (χ2v) is 6.91. The topological polar surface area (TPSA) is 65.4 Å². The van der Waals surface area contributed by atoms with Crippen LogP contribution in [0.25, 0.3) is 5.69 Å². The van der Waals surface area contributed by atoms with Crippen LogP contribution in [0.4, 0.5) is 0 Å². The minimum atomic E-state index is -0.242. The zero-order valence-electron chi connectivity index (χ0n) is 16.3. The van der Waals surface area contributed by atoms with E-state index < -0.39 is 0 Å². The Kier molecular flexibility index (Phi) is 6.26. The van der Waals surface area contributed by atoms with E-state index in [1.807, 2.05) is 66.4 Å². The molecule has 28 heavy (non-hydrogen) atoms. The third-order valence-electron chi connectivity index (χ3n) is 4.45. The SMILES string of the molecule is COc1ccc(OC)c(C(C)NC(=O)c2ccc(-n3ccnc3SC)cc2)c1. The Balaban J connectivity index is 1.76. The second kappa shape index (κ2) is 8.84. The molecule has 0 aliphatic rings. The summed E-state index contributed by atoms with van der Waals surface area (Å²) in [4.78, 5) is 17.0. The van der Waals surface area contributed by atoms with E-state index in [0.29, 0.717) is 17.1 Å². The lowest BCUT2D eigenvalue weighted by molar-refractivity contribution is 0.0939. The van der Waals surface area contributed by atoms with Crippen LogP contribution in [0.3, 0.4) is 0 Å². The number of carbonyl (C=O) groups is 1. The van der Waals surface area contributed by atoms with Crippen LogP contribution in [0.1, 0.15) is 28.9 Å². The van der Waals surface area contributed by atoms with Gasteiger partial charge >= 0.3 is 0 Å². The number of rotatable bonds is 7. The standard InChI is InChI=1S/C21H23N3O3S/c1-14(18-13-17(26-2)9-10-19(18)27-3)23-20(25)15-5-7-16(8-6-15)24-12-11-22-21(24)28-4/h5-14H,1-4H3,(H,23,25). The molecule has 1 atom stereocenters. The number of imidazole rings is 1. The third-order valence-corrected chi connectivity index (χ3v) is 5.12. The van der Waals surface area contributed by atoms with Gasteiger partial charge in [-0.05, 0) is 55.6 Å². The minimum absolute atomic E-state index is 0.153. The van der Waals surface area contributed by atoms with Crippen molar-refractivity contribution >= 4 is 17.7 Å². The van der Waals surface area contributed by atoms with Crippen molar-refractivity contribution in [2.75, 3.05) is 20.5 Å². The molecule has 1 unspecified atom stereocenters. The summed E-state index contributed by atoms with van der Waals surface area (Å²) in [6.07, 6.45) is 5.64. The molecule has 1 N–H and O–H groups in total. The predicted molar refractivity (Wildman–Crippen MR) is 111 cm³/mol. The number of carbonyl (C=O) groups excluding carboxylic acids is 1. The Hall–Kier alpha value is -2.93. The molecular formula is C21H23N3O3S. The molecule has 0 bridgehead atoms. The fourth-order valence-electron chi connectivity index (χ4n) is 2.95. The first kappa shape index (κ1) is 19.8. The van der Waals surface area contributed by atoms with Crippen LogP contribution in [0.5, 0.6) is 11.5 Å². The number of aromatic nitrogens is 2. The smallest absolute Gasteiger partial charge is 0.251 e. The first-order chi connectivity index (χ1) is 13.6. The van der Waals surface area contributed by atoms with Crippen molar-refractivity contribution in [3.8, 4) is 17.2 Å². The van der Waals surface area contributed by atoms with Gasteiger partial charge in [0.15, 0.2) is 5.16 Å². The summed E-state index contributed by atoms with van der Waals surface area (Å²) in [7, 11) is 3.22. The highest BCUT2D eigenvalue weighted by molar-refractivity contribution is 7.98. The molecule has 146 valence electrons. The number of methoxy groups -OCH3 is 2. The Morgan fingerprint density at radius 2 is 1.89 bits per heavy atom. The van der Waals surface area contributed by atoms with E-state index >= 15 is 0 Å². The maximum absolute atomic E-state index is 12.7. The molecule has 6 nitrogen and oxygen atoms in total. The van der Waals surface area contributed by atoms with Gasteiger partial charge in [-0.15, -0.1) is 0 Å². The van der Waals surface area contributed by atoms with E-state index in [2.05, 4.69) is 10.3 Å². The van der Waals surface area contributed by atoms with E-state index in [1.54, 1.807) is 32.2 Å². The van der Waals surface area contributed by atoms with Gasteiger partial charge < -0.3 is 14.8 Å². The molecule has 0 spiro atoms. The number of nitrogens with zero attached hydrogens (tertiary/aromatic N) is 2. The van der Waals surface area contributed by atoms with Gasteiger partial charge in [-0.1, -0.05) is 11.8 Å². The van der Waals surface area contributed by atoms with E-state index in [-0.39, 0.29) is 11.9 Å². The summed E-state index contributed by atoms with van der Waals surface area (Å²) in [5, 5.41) is 3.92. The number of benzene rings is 2. The number of ether oxygens (including phenoxy) is 2. The molecule has 0 aliphatic heterocycles. The molecule has 3 aromatic rings. The van der Waals surface area contributed by atoms with Crippen molar-refractivity contribution in [2.24, 2.45) is 0 Å². The minimum Gasteiger partial charge on any atom is -0.497 e. The number of hydrogen-bond acceptors (Lipinski definition) is 5. The van der Waals surface area contributed by atoms with E-state index in [9.17, 15) is 4.79 Å². The summed E-state index contributed by atoms with van der Waals surface area (Å²) >= 11 is 1.57. The van der Waals surface area contributed by atoms with Gasteiger partial charge in [0.05, 0.1) is 20.3 Å². The van der Waals surface area contributed by atoms with Gasteiger partial charge in [0.1, 0.15) is 11.5 Å². The maximum atomic E-state index is 12.7. The molecule has 1 aromatic heterocycles. The van der Waals surface area contributed by atoms with Gasteiger partial charge in [-0.25, -0.2) is 4.98 Å². The van der Waals surface area contributed by atoms with Crippen molar-refractivity contribution in [2.45, 2.75) is 18.1 Å². The molecule has 1 heterocycles. The third kappa shape index (κ3) is 4.14. The Morgan fingerprint density at radius 3 is 2.54 bits per heavy atom. The highest BCUT2D eigenvalue weighted by Crippen LogP contribution is 2.29. The lowest BCUT2D eigenvalue weighted by atomic mass is 10.1. The molecule has 3 rings (SSSR count). The molecule has 0 saturated heterocycles. The first-order valence-electron chi connectivity index (χ1n) is 8.78. The van der Waals surface area contributed by atoms with Crippen molar-refractivity contribution in [1.29, 1.82) is 0 Å². The highest BCUT2D eigenvalue weighted by Gasteiger charge is 2.16. The number of thioether (sulfide) groups is 1. The van der Waals surface area contributed by atoms with E-state index in [4.69, 9.17) is 9.47 Å². The van der Waals surface area contributed by atoms with Gasteiger partial charge in [-0.3, -0.25) is 9.36 Å². The van der Waals surface area contributed by atoms with Crippen LogP contribution in [-0.4, -0.2) is 35.9 Å². The molecule has 0 saturated carbocycles. The summed E-state index contributed by atoms with van der Waals surface area (Å²) < 4.78 is 12.7. The van der Waals surface area contributed by atoms with Gasteiger partial charge in [-0.2, -0.15) is 0 Å². The Labute approximate surface area is 168 Å². The lowest BCUT2D eigenvalue weighted by Gasteiger charge is -2.18. The van der Waals surface area contributed by atoms with Crippen molar-refractivity contribution < 1.29 is 14.3 Å². The Morgan fingerprint density at radius 1 is 1.14 bits per heavy atom. The average Bonchev–Trinajstić information content (AvgIpc) is 3.22. The van der Waals surface area contributed by atoms with Crippen LogP contribution in [0.15, 0.2) is 60.0 Å². The fourth-order valence-corrected chi connectivity index (χ4v) is 3.48. The van der Waals surface area contributed by atoms with Crippen LogP contribution >= 0.6 is 11.8 Å². The zero-order valence-corrected chi connectivity index (χ0v) is 17.1. The number of nitrogens with one attached hydrogen (secondary N) is 1. The number of amides is 1. The van der Waals surface area contributed by atoms with E-state index in [0.717, 1.165) is 16.4 Å². The molecule has 0 radical (unpaired) electrons. The molecule has 2 aromatic carbocycles. The summed E-state index contributed by atoms with van der Waals surface area (Å²) in [6.45, 7) is 1.92. The van der Waals surface area contributed by atoms with Crippen LogP contribution in [0.2, 0.25) is 0 Å². The summed E-state index contributed by atoms with van der Waals surface area (Å²) in [5.74, 6) is 1.26. The highest BCUT2D eigenvalue weighted by atomic mass is 32.2. The van der Waals surface area contributed by atoms with Crippen LogP contribution in [-0.2, 0) is 0 Å². The molecular weight excluding hydrogens is 374 g/mol. The van der Waals surface area contributed by atoms with Gasteiger partial charge in [0.2, 0.25) is 0 Å². The van der Waals surface area contributed by atoms with E-state index in [1.165, 1.54) is 0 Å². The molecule has 7 heteroatoms. The normalized spacial score (nSPS) is 11.7. The largest absolute Gasteiger partial charge is 0.497 e. The van der Waals surface area contributed by atoms with Crippen LogP contribution < -0.4 is 14.8 Å². The average molecular weight is 398 g/mol. The quantitative estimate of drug-likeness (QED) is 0.608. The first-order valence-corrected chi connectivity index (χ1v) is 10.0. The summed E-state index contributed by atoms with van der Waals surface area (Å²) in [6, 6.07) is 12.7. The lowest BCUT2D eigenvalue weighted by Crippen LogP contribution is -2.27. The van der Waals surface area contributed by atoms with Gasteiger partial charge in [0, 0.05) is 29.2 Å². The Bertz CT molecular complexity index is 954. The molecule has 0 aliphatic carbocycles. The maximum Gasteiger partial charge on any atom is 0.251 e. The van der Waals surface area contributed by atoms with Gasteiger partial charge in [0.25, 0.3) is 5.91 Å². The van der Waals surface area contributed by atoms with Crippen molar-refractivity contribution in [3.05, 3.63) is 66.0 Å². The predicted octanol–water partition coefficient (Wildman–Crippen LogP) is 4.10. The monoisotopic (exact) mass is 397 g/mol.